The standard InChI is InChI=1S/C22H33N3O/c1-15(2)20(16-7-9-17(10-8-16)21(3,4)5)24-13-19(26)25-22(6,14-23)18-11-12-18/h7-10,15,18,20,24H,11-13H2,1-6H3,(H,25,26)/t20-,22+/m1/s1. The molecule has 0 aromatic heterocycles. The summed E-state index contributed by atoms with van der Waals surface area (Å²) in [4.78, 5) is 12.4. The zero-order valence-corrected chi connectivity index (χ0v) is 17.0. The second-order valence-corrected chi connectivity index (χ2v) is 9.11. The van der Waals surface area contributed by atoms with Gasteiger partial charge in [-0.15, -0.1) is 0 Å². The summed E-state index contributed by atoms with van der Waals surface area (Å²) in [6.07, 6.45) is 2.04. The molecule has 0 spiro atoms. The van der Waals surface area contributed by atoms with Crippen molar-refractivity contribution in [1.82, 2.24) is 10.6 Å². The fourth-order valence-electron chi connectivity index (χ4n) is 3.35. The van der Waals surface area contributed by atoms with Crippen LogP contribution in [0.5, 0.6) is 0 Å². The van der Waals surface area contributed by atoms with E-state index in [-0.39, 0.29) is 23.9 Å². The van der Waals surface area contributed by atoms with Gasteiger partial charge in [0.05, 0.1) is 12.6 Å². The third kappa shape index (κ3) is 5.08. The highest BCUT2D eigenvalue weighted by atomic mass is 16.2. The highest BCUT2D eigenvalue weighted by Crippen LogP contribution is 2.39. The number of nitriles is 1. The fraction of sp³-hybridized carbons (Fsp3) is 0.636. The molecular formula is C22H33N3O. The number of hydrogen-bond donors (Lipinski definition) is 2. The normalized spacial score (nSPS) is 18.1. The van der Waals surface area contributed by atoms with Gasteiger partial charge in [0, 0.05) is 6.04 Å². The summed E-state index contributed by atoms with van der Waals surface area (Å²) in [5.74, 6) is 0.536. The number of rotatable bonds is 7. The Balaban J connectivity index is 2.00. The maximum Gasteiger partial charge on any atom is 0.235 e. The van der Waals surface area contributed by atoms with Gasteiger partial charge < -0.3 is 10.6 Å². The lowest BCUT2D eigenvalue weighted by Gasteiger charge is -2.26. The average molecular weight is 356 g/mol. The van der Waals surface area contributed by atoms with Crippen molar-refractivity contribution in [3.8, 4) is 6.07 Å². The van der Waals surface area contributed by atoms with Gasteiger partial charge in [-0.3, -0.25) is 4.79 Å². The smallest absolute Gasteiger partial charge is 0.235 e. The minimum atomic E-state index is -0.736. The van der Waals surface area contributed by atoms with E-state index in [1.54, 1.807) is 0 Å². The molecule has 2 rings (SSSR count). The summed E-state index contributed by atoms with van der Waals surface area (Å²) in [5.41, 5.74) is 1.88. The summed E-state index contributed by atoms with van der Waals surface area (Å²) in [6, 6.07) is 11.0. The molecule has 0 unspecified atom stereocenters. The summed E-state index contributed by atoms with van der Waals surface area (Å²) < 4.78 is 0. The monoisotopic (exact) mass is 355 g/mol. The molecule has 1 aliphatic rings. The average Bonchev–Trinajstić information content (AvgIpc) is 3.39. The van der Waals surface area contributed by atoms with Gasteiger partial charge >= 0.3 is 0 Å². The van der Waals surface area contributed by atoms with Gasteiger partial charge in [0.25, 0.3) is 0 Å². The Morgan fingerprint density at radius 2 is 1.77 bits per heavy atom. The van der Waals surface area contributed by atoms with E-state index in [9.17, 15) is 10.1 Å². The fourth-order valence-corrected chi connectivity index (χ4v) is 3.35. The molecule has 0 heterocycles. The first-order chi connectivity index (χ1) is 12.1. The van der Waals surface area contributed by atoms with Crippen molar-refractivity contribution in [2.75, 3.05) is 6.54 Å². The SMILES string of the molecule is CC(C)[C@@H](NCC(=O)N[C@@](C)(C#N)C1CC1)c1ccc(C(C)(C)C)cc1. The van der Waals surface area contributed by atoms with Crippen LogP contribution in [-0.2, 0) is 10.2 Å². The minimum absolute atomic E-state index is 0.101. The third-order valence-corrected chi connectivity index (χ3v) is 5.31. The van der Waals surface area contributed by atoms with E-state index < -0.39 is 5.54 Å². The zero-order valence-electron chi connectivity index (χ0n) is 17.0. The topological polar surface area (TPSA) is 64.9 Å². The van der Waals surface area contributed by atoms with E-state index in [1.807, 2.05) is 6.92 Å². The van der Waals surface area contributed by atoms with Crippen molar-refractivity contribution in [3.63, 3.8) is 0 Å². The largest absolute Gasteiger partial charge is 0.337 e. The first-order valence-corrected chi connectivity index (χ1v) is 9.63. The zero-order chi connectivity index (χ0) is 19.5. The van der Waals surface area contributed by atoms with Gasteiger partial charge in [-0.25, -0.2) is 0 Å². The Bertz CT molecular complexity index is 662. The molecule has 0 radical (unpaired) electrons. The van der Waals surface area contributed by atoms with Crippen molar-refractivity contribution >= 4 is 5.91 Å². The Morgan fingerprint density at radius 1 is 1.19 bits per heavy atom. The van der Waals surface area contributed by atoms with E-state index >= 15 is 0 Å². The maximum atomic E-state index is 12.4. The number of amides is 1. The molecule has 1 fully saturated rings. The van der Waals surface area contributed by atoms with Crippen LogP contribution in [0.3, 0.4) is 0 Å². The van der Waals surface area contributed by atoms with Gasteiger partial charge in [0.15, 0.2) is 0 Å². The first kappa shape index (κ1) is 20.5. The van der Waals surface area contributed by atoms with Crippen LogP contribution in [0, 0.1) is 23.2 Å². The van der Waals surface area contributed by atoms with Crippen molar-refractivity contribution in [2.45, 2.75) is 71.4 Å². The van der Waals surface area contributed by atoms with E-state index in [2.05, 4.69) is 75.6 Å². The predicted molar refractivity (Wildman–Crippen MR) is 106 cm³/mol. The lowest BCUT2D eigenvalue weighted by atomic mass is 9.85. The Kier molecular flexibility index (Phi) is 6.13. The number of nitrogens with one attached hydrogen (secondary N) is 2. The lowest BCUT2D eigenvalue weighted by molar-refractivity contribution is -0.121. The highest BCUT2D eigenvalue weighted by molar-refractivity contribution is 5.79. The van der Waals surface area contributed by atoms with E-state index in [4.69, 9.17) is 0 Å². The molecule has 4 nitrogen and oxygen atoms in total. The van der Waals surface area contributed by atoms with Crippen LogP contribution in [0.1, 0.15) is 71.6 Å². The molecule has 0 aliphatic heterocycles. The quantitative estimate of drug-likeness (QED) is 0.774. The molecule has 2 N–H and O–H groups in total. The van der Waals surface area contributed by atoms with Crippen molar-refractivity contribution in [2.24, 2.45) is 11.8 Å². The van der Waals surface area contributed by atoms with Gasteiger partial charge in [-0.2, -0.15) is 5.26 Å². The summed E-state index contributed by atoms with van der Waals surface area (Å²) in [7, 11) is 0. The molecule has 1 amide bonds. The van der Waals surface area contributed by atoms with Crippen molar-refractivity contribution in [3.05, 3.63) is 35.4 Å². The molecule has 0 bridgehead atoms. The van der Waals surface area contributed by atoms with Crippen LogP contribution < -0.4 is 10.6 Å². The number of nitrogens with zero attached hydrogens (tertiary/aromatic N) is 1. The molecular weight excluding hydrogens is 322 g/mol. The Labute approximate surface area is 158 Å². The summed E-state index contributed by atoms with van der Waals surface area (Å²) in [5, 5.41) is 15.7. The third-order valence-electron chi connectivity index (χ3n) is 5.31. The molecule has 1 aromatic carbocycles. The van der Waals surface area contributed by atoms with Crippen LogP contribution in [0.4, 0.5) is 0 Å². The van der Waals surface area contributed by atoms with Gasteiger partial charge in [-0.05, 0) is 48.1 Å². The number of benzene rings is 1. The second kappa shape index (κ2) is 7.80. The Hall–Kier alpha value is -1.86. The van der Waals surface area contributed by atoms with Gasteiger partial charge in [0.2, 0.25) is 5.91 Å². The molecule has 1 aromatic rings. The van der Waals surface area contributed by atoms with E-state index in [0.29, 0.717) is 11.8 Å². The van der Waals surface area contributed by atoms with E-state index in [0.717, 1.165) is 12.8 Å². The molecule has 26 heavy (non-hydrogen) atoms. The minimum Gasteiger partial charge on any atom is -0.337 e. The Morgan fingerprint density at radius 3 is 2.19 bits per heavy atom. The predicted octanol–water partition coefficient (Wildman–Crippen LogP) is 4.08. The lowest BCUT2D eigenvalue weighted by Crippen LogP contribution is -2.50. The van der Waals surface area contributed by atoms with Crippen LogP contribution in [0.2, 0.25) is 0 Å². The van der Waals surface area contributed by atoms with Gasteiger partial charge in [0.1, 0.15) is 5.54 Å². The van der Waals surface area contributed by atoms with Crippen molar-refractivity contribution in [1.29, 1.82) is 5.26 Å². The molecule has 4 heteroatoms. The first-order valence-electron chi connectivity index (χ1n) is 9.63. The molecule has 2 atom stereocenters. The molecule has 0 saturated heterocycles. The van der Waals surface area contributed by atoms with Crippen LogP contribution in [-0.4, -0.2) is 18.0 Å². The maximum absolute atomic E-state index is 12.4. The van der Waals surface area contributed by atoms with Crippen LogP contribution >= 0.6 is 0 Å². The molecule has 142 valence electrons. The van der Waals surface area contributed by atoms with Crippen molar-refractivity contribution < 1.29 is 4.79 Å². The number of hydrogen-bond acceptors (Lipinski definition) is 3. The summed E-state index contributed by atoms with van der Waals surface area (Å²) in [6.45, 7) is 13.0. The number of carbonyl (C=O) groups excluding carboxylic acids is 1. The molecule has 1 aliphatic carbocycles. The highest BCUT2D eigenvalue weighted by Gasteiger charge is 2.42. The number of carbonyl (C=O) groups is 1. The van der Waals surface area contributed by atoms with Crippen LogP contribution in [0.25, 0.3) is 0 Å². The van der Waals surface area contributed by atoms with Gasteiger partial charge in [-0.1, -0.05) is 58.9 Å². The van der Waals surface area contributed by atoms with E-state index in [1.165, 1.54) is 11.1 Å². The summed E-state index contributed by atoms with van der Waals surface area (Å²) >= 11 is 0. The van der Waals surface area contributed by atoms with Crippen LogP contribution in [0.15, 0.2) is 24.3 Å². The second-order valence-electron chi connectivity index (χ2n) is 9.11. The molecule has 1 saturated carbocycles.